The van der Waals surface area contributed by atoms with Gasteiger partial charge in [-0.1, -0.05) is 25.2 Å². The second-order valence-corrected chi connectivity index (χ2v) is 4.79. The van der Waals surface area contributed by atoms with E-state index < -0.39 is 5.97 Å². The van der Waals surface area contributed by atoms with Crippen molar-refractivity contribution in [3.63, 3.8) is 0 Å². The Bertz CT molecular complexity index is 332. The van der Waals surface area contributed by atoms with E-state index in [1.54, 1.807) is 6.07 Å². The topological polar surface area (TPSA) is 55.8 Å². The van der Waals surface area contributed by atoms with Crippen molar-refractivity contribution in [2.75, 3.05) is 19.8 Å². The number of carbonyl (C=O) groups is 1. The van der Waals surface area contributed by atoms with Crippen molar-refractivity contribution in [2.45, 2.75) is 13.8 Å². The Hall–Kier alpha value is -1.07. The highest BCUT2D eigenvalue weighted by Crippen LogP contribution is 2.24. The Morgan fingerprint density at radius 2 is 2.19 bits per heavy atom. The molecule has 0 radical (unpaired) electrons. The van der Waals surface area contributed by atoms with Crippen molar-refractivity contribution < 1.29 is 19.4 Å². The zero-order chi connectivity index (χ0) is 12.0. The zero-order valence-electron chi connectivity index (χ0n) is 9.43. The summed E-state index contributed by atoms with van der Waals surface area (Å²) in [4.78, 5) is 10.9. The third-order valence-corrected chi connectivity index (χ3v) is 2.70. The molecule has 1 heterocycles. The molecule has 1 N–H and O–H groups in total. The van der Waals surface area contributed by atoms with Crippen molar-refractivity contribution in [2.24, 2.45) is 5.92 Å². The van der Waals surface area contributed by atoms with Crippen LogP contribution in [0.15, 0.2) is 12.1 Å². The van der Waals surface area contributed by atoms with Gasteiger partial charge in [-0.2, -0.15) is 0 Å². The number of aromatic carboxylic acids is 1. The SMILES string of the molecule is CC(C)COCCOc1ccc(C(=O)O)s1. The molecule has 0 atom stereocenters. The summed E-state index contributed by atoms with van der Waals surface area (Å²) in [7, 11) is 0. The quantitative estimate of drug-likeness (QED) is 0.749. The van der Waals surface area contributed by atoms with E-state index in [4.69, 9.17) is 14.6 Å². The Morgan fingerprint density at radius 1 is 1.44 bits per heavy atom. The van der Waals surface area contributed by atoms with Gasteiger partial charge in [0.1, 0.15) is 11.5 Å². The lowest BCUT2D eigenvalue weighted by Gasteiger charge is -2.06. The standard InChI is InChI=1S/C11H16O4S/c1-8(2)7-14-5-6-15-10-4-3-9(16-10)11(12)13/h3-4,8H,5-7H2,1-2H3,(H,12,13). The summed E-state index contributed by atoms with van der Waals surface area (Å²) < 4.78 is 10.7. The van der Waals surface area contributed by atoms with Crippen LogP contribution in [0.5, 0.6) is 5.06 Å². The molecule has 0 amide bonds. The maximum atomic E-state index is 10.6. The maximum absolute atomic E-state index is 10.6. The van der Waals surface area contributed by atoms with Crippen LogP contribution in [0, 0.1) is 5.92 Å². The molecule has 0 aromatic carbocycles. The van der Waals surface area contributed by atoms with Gasteiger partial charge in [-0.15, -0.1) is 0 Å². The van der Waals surface area contributed by atoms with Gasteiger partial charge in [0.2, 0.25) is 0 Å². The first-order valence-electron chi connectivity index (χ1n) is 5.13. The maximum Gasteiger partial charge on any atom is 0.345 e. The molecule has 0 aliphatic rings. The molecule has 0 spiro atoms. The lowest BCUT2D eigenvalue weighted by Crippen LogP contribution is -2.09. The second-order valence-electron chi connectivity index (χ2n) is 3.74. The average Bonchev–Trinajstić information content (AvgIpc) is 2.65. The Kier molecular flexibility index (Phi) is 5.28. The van der Waals surface area contributed by atoms with Gasteiger partial charge in [0, 0.05) is 6.61 Å². The number of rotatable bonds is 7. The van der Waals surface area contributed by atoms with E-state index in [0.717, 1.165) is 11.3 Å². The molecule has 0 aliphatic heterocycles. The van der Waals surface area contributed by atoms with Crippen molar-refractivity contribution in [3.05, 3.63) is 17.0 Å². The zero-order valence-corrected chi connectivity index (χ0v) is 10.3. The fourth-order valence-corrected chi connectivity index (χ4v) is 1.75. The van der Waals surface area contributed by atoms with E-state index in [1.807, 2.05) is 0 Å². The van der Waals surface area contributed by atoms with Crippen molar-refractivity contribution in [1.29, 1.82) is 0 Å². The van der Waals surface area contributed by atoms with E-state index in [1.165, 1.54) is 6.07 Å². The van der Waals surface area contributed by atoms with Gasteiger partial charge < -0.3 is 14.6 Å². The van der Waals surface area contributed by atoms with Crippen molar-refractivity contribution >= 4 is 17.3 Å². The molecule has 1 rings (SSSR count). The van der Waals surface area contributed by atoms with Crippen molar-refractivity contribution in [3.8, 4) is 5.06 Å². The molecule has 90 valence electrons. The molecule has 0 saturated carbocycles. The van der Waals surface area contributed by atoms with Gasteiger partial charge in [-0.05, 0) is 18.1 Å². The van der Waals surface area contributed by atoms with E-state index in [-0.39, 0.29) is 4.88 Å². The highest BCUT2D eigenvalue weighted by molar-refractivity contribution is 7.15. The van der Waals surface area contributed by atoms with E-state index >= 15 is 0 Å². The minimum atomic E-state index is -0.920. The molecule has 5 heteroatoms. The Morgan fingerprint density at radius 3 is 2.75 bits per heavy atom. The highest BCUT2D eigenvalue weighted by Gasteiger charge is 2.07. The minimum Gasteiger partial charge on any atom is -0.482 e. The molecule has 0 unspecified atom stereocenters. The molecule has 0 saturated heterocycles. The van der Waals surface area contributed by atoms with Crippen LogP contribution in [0.1, 0.15) is 23.5 Å². The van der Waals surface area contributed by atoms with Crippen LogP contribution in [0.4, 0.5) is 0 Å². The summed E-state index contributed by atoms with van der Waals surface area (Å²) in [6, 6.07) is 3.20. The number of ether oxygens (including phenoxy) is 2. The number of thiophene rings is 1. The molecular weight excluding hydrogens is 228 g/mol. The lowest BCUT2D eigenvalue weighted by molar-refractivity contribution is 0.0702. The van der Waals surface area contributed by atoms with Crippen LogP contribution >= 0.6 is 11.3 Å². The molecule has 1 aromatic heterocycles. The highest BCUT2D eigenvalue weighted by atomic mass is 32.1. The molecule has 16 heavy (non-hydrogen) atoms. The third kappa shape index (κ3) is 4.63. The smallest absolute Gasteiger partial charge is 0.345 e. The summed E-state index contributed by atoms with van der Waals surface area (Å²) in [6.45, 7) is 5.86. The Labute approximate surface area is 98.8 Å². The summed E-state index contributed by atoms with van der Waals surface area (Å²) in [5.74, 6) is -0.406. The summed E-state index contributed by atoms with van der Waals surface area (Å²) in [6.07, 6.45) is 0. The van der Waals surface area contributed by atoms with Gasteiger partial charge in [-0.3, -0.25) is 0 Å². The van der Waals surface area contributed by atoms with Crippen LogP contribution in [-0.4, -0.2) is 30.9 Å². The lowest BCUT2D eigenvalue weighted by atomic mass is 10.2. The van der Waals surface area contributed by atoms with Crippen LogP contribution in [0.25, 0.3) is 0 Å². The number of carboxylic acids is 1. The van der Waals surface area contributed by atoms with Crippen LogP contribution in [0.2, 0.25) is 0 Å². The predicted molar refractivity (Wildman–Crippen MR) is 62.4 cm³/mol. The summed E-state index contributed by atoms with van der Waals surface area (Å²) in [5, 5.41) is 9.32. The van der Waals surface area contributed by atoms with E-state index in [0.29, 0.717) is 30.8 Å². The van der Waals surface area contributed by atoms with Gasteiger partial charge in [0.15, 0.2) is 5.06 Å². The normalized spacial score (nSPS) is 10.7. The van der Waals surface area contributed by atoms with Crippen molar-refractivity contribution in [1.82, 2.24) is 0 Å². The summed E-state index contributed by atoms with van der Waals surface area (Å²) in [5.41, 5.74) is 0. The fourth-order valence-electron chi connectivity index (χ4n) is 1.03. The summed E-state index contributed by atoms with van der Waals surface area (Å²) >= 11 is 1.13. The molecule has 4 nitrogen and oxygen atoms in total. The first kappa shape index (κ1) is 13.0. The van der Waals surface area contributed by atoms with Crippen LogP contribution < -0.4 is 4.74 Å². The third-order valence-electron chi connectivity index (χ3n) is 1.72. The number of hydrogen-bond donors (Lipinski definition) is 1. The average molecular weight is 244 g/mol. The Balaban J connectivity index is 2.19. The molecule has 0 fully saturated rings. The van der Waals surface area contributed by atoms with Gasteiger partial charge >= 0.3 is 5.97 Å². The van der Waals surface area contributed by atoms with Gasteiger partial charge in [0.05, 0.1) is 6.61 Å². The van der Waals surface area contributed by atoms with E-state index in [2.05, 4.69) is 13.8 Å². The van der Waals surface area contributed by atoms with Crippen LogP contribution in [0.3, 0.4) is 0 Å². The first-order valence-corrected chi connectivity index (χ1v) is 5.95. The molecule has 0 aliphatic carbocycles. The largest absolute Gasteiger partial charge is 0.482 e. The number of carboxylic acid groups (broad SMARTS) is 1. The molecular formula is C11H16O4S. The number of hydrogen-bond acceptors (Lipinski definition) is 4. The van der Waals surface area contributed by atoms with Gasteiger partial charge in [0.25, 0.3) is 0 Å². The fraction of sp³-hybridized carbons (Fsp3) is 0.545. The van der Waals surface area contributed by atoms with E-state index in [9.17, 15) is 4.79 Å². The van der Waals surface area contributed by atoms with Gasteiger partial charge in [-0.25, -0.2) is 4.79 Å². The molecule has 1 aromatic rings. The predicted octanol–water partition coefficient (Wildman–Crippen LogP) is 2.50. The monoisotopic (exact) mass is 244 g/mol. The second kappa shape index (κ2) is 6.50. The molecule has 0 bridgehead atoms. The first-order chi connectivity index (χ1) is 7.59. The minimum absolute atomic E-state index is 0.290. The van der Waals surface area contributed by atoms with Crippen LogP contribution in [-0.2, 0) is 4.74 Å².